The van der Waals surface area contributed by atoms with Crippen LogP contribution in [-0.4, -0.2) is 32.8 Å². The molecule has 0 atom stereocenters. The molecule has 1 amide bonds. The minimum atomic E-state index is -0.429. The van der Waals surface area contributed by atoms with Crippen LogP contribution >= 0.6 is 34.7 Å². The summed E-state index contributed by atoms with van der Waals surface area (Å²) in [6.45, 7) is 1.70. The summed E-state index contributed by atoms with van der Waals surface area (Å²) < 4.78 is 5.43. The number of amides is 1. The van der Waals surface area contributed by atoms with Gasteiger partial charge in [-0.2, -0.15) is 0 Å². The van der Waals surface area contributed by atoms with Crippen LogP contribution in [0, 0.1) is 6.92 Å². The van der Waals surface area contributed by atoms with E-state index in [1.54, 1.807) is 31.2 Å². The molecule has 0 aliphatic carbocycles. The van der Waals surface area contributed by atoms with Crippen molar-refractivity contribution in [1.82, 2.24) is 15.4 Å². The van der Waals surface area contributed by atoms with Crippen molar-refractivity contribution in [2.45, 2.75) is 11.3 Å². The third kappa shape index (κ3) is 4.65. The summed E-state index contributed by atoms with van der Waals surface area (Å²) >= 11 is 8.23. The SMILES string of the molecule is Cc1cc(C(=O)Nc2nnc(SCC(=O)c3ccc(Cl)cc3)s2)no1. The lowest BCUT2D eigenvalue weighted by Crippen LogP contribution is -2.11. The van der Waals surface area contributed by atoms with Crippen LogP contribution in [0.1, 0.15) is 26.6 Å². The standard InChI is InChI=1S/C15H11ClN4O3S2/c1-8-6-11(20-23-8)13(22)17-14-18-19-15(25-14)24-7-12(21)9-2-4-10(16)5-3-9/h2-6H,7H2,1H3,(H,17,18,22). The van der Waals surface area contributed by atoms with Crippen LogP contribution in [0.5, 0.6) is 0 Å². The summed E-state index contributed by atoms with van der Waals surface area (Å²) in [5, 5.41) is 14.9. The van der Waals surface area contributed by atoms with Gasteiger partial charge in [0.15, 0.2) is 15.8 Å². The number of benzene rings is 1. The normalized spacial score (nSPS) is 10.6. The zero-order valence-electron chi connectivity index (χ0n) is 12.9. The highest BCUT2D eigenvalue weighted by Gasteiger charge is 2.15. The van der Waals surface area contributed by atoms with Crippen molar-refractivity contribution >= 4 is 51.5 Å². The fraction of sp³-hybridized carbons (Fsp3) is 0.133. The van der Waals surface area contributed by atoms with Crippen molar-refractivity contribution in [2.75, 3.05) is 11.1 Å². The number of rotatable bonds is 6. The molecule has 0 saturated heterocycles. The van der Waals surface area contributed by atoms with Gasteiger partial charge in [-0.3, -0.25) is 14.9 Å². The molecule has 7 nitrogen and oxygen atoms in total. The Hall–Kier alpha value is -2.23. The second-order valence-electron chi connectivity index (χ2n) is 4.87. The monoisotopic (exact) mass is 394 g/mol. The van der Waals surface area contributed by atoms with Gasteiger partial charge in [0.25, 0.3) is 5.91 Å². The van der Waals surface area contributed by atoms with Crippen LogP contribution < -0.4 is 5.32 Å². The number of Topliss-reactive ketones (excluding diaryl/α,β-unsaturated/α-hetero) is 1. The van der Waals surface area contributed by atoms with E-state index < -0.39 is 5.91 Å². The van der Waals surface area contributed by atoms with Gasteiger partial charge < -0.3 is 4.52 Å². The maximum absolute atomic E-state index is 12.1. The molecule has 0 radical (unpaired) electrons. The highest BCUT2D eigenvalue weighted by molar-refractivity contribution is 8.01. The molecular weight excluding hydrogens is 384 g/mol. The van der Waals surface area contributed by atoms with Crippen LogP contribution in [0.15, 0.2) is 39.2 Å². The van der Waals surface area contributed by atoms with E-state index in [0.717, 1.165) is 0 Å². The number of carbonyl (C=O) groups is 2. The average molecular weight is 395 g/mol. The van der Waals surface area contributed by atoms with Gasteiger partial charge in [0.05, 0.1) is 5.75 Å². The molecule has 2 heterocycles. The summed E-state index contributed by atoms with van der Waals surface area (Å²) in [5.41, 5.74) is 0.746. The second-order valence-corrected chi connectivity index (χ2v) is 7.51. The first-order valence-corrected chi connectivity index (χ1v) is 9.19. The highest BCUT2D eigenvalue weighted by atomic mass is 35.5. The van der Waals surface area contributed by atoms with E-state index in [2.05, 4.69) is 20.7 Å². The van der Waals surface area contributed by atoms with E-state index >= 15 is 0 Å². The number of aromatic nitrogens is 3. The second kappa shape index (κ2) is 7.77. The molecule has 0 unspecified atom stereocenters. The van der Waals surface area contributed by atoms with Crippen LogP contribution in [0.25, 0.3) is 0 Å². The number of nitrogens with zero attached hydrogens (tertiary/aromatic N) is 3. The topological polar surface area (TPSA) is 98.0 Å². The zero-order chi connectivity index (χ0) is 17.8. The Bertz CT molecular complexity index is 908. The maximum atomic E-state index is 12.1. The molecule has 25 heavy (non-hydrogen) atoms. The van der Waals surface area contributed by atoms with Crippen molar-refractivity contribution in [3.63, 3.8) is 0 Å². The molecule has 3 rings (SSSR count). The van der Waals surface area contributed by atoms with Crippen molar-refractivity contribution in [3.8, 4) is 0 Å². The molecule has 1 aromatic carbocycles. The molecule has 0 aliphatic heterocycles. The molecule has 0 saturated carbocycles. The smallest absolute Gasteiger partial charge is 0.279 e. The van der Waals surface area contributed by atoms with E-state index in [1.807, 2.05) is 0 Å². The van der Waals surface area contributed by atoms with Crippen LogP contribution in [-0.2, 0) is 0 Å². The summed E-state index contributed by atoms with van der Waals surface area (Å²) in [5.74, 6) is 0.286. The van der Waals surface area contributed by atoms with E-state index in [9.17, 15) is 9.59 Å². The minimum Gasteiger partial charge on any atom is -0.361 e. The quantitative estimate of drug-likeness (QED) is 0.386. The predicted molar refractivity (Wildman–Crippen MR) is 95.6 cm³/mol. The number of aryl methyl sites for hydroxylation is 1. The lowest BCUT2D eigenvalue weighted by Gasteiger charge is -1.99. The van der Waals surface area contributed by atoms with Crippen LogP contribution in [0.4, 0.5) is 5.13 Å². The molecule has 0 bridgehead atoms. The Balaban J connectivity index is 1.55. The molecule has 3 aromatic rings. The number of hydrogen-bond donors (Lipinski definition) is 1. The highest BCUT2D eigenvalue weighted by Crippen LogP contribution is 2.26. The Morgan fingerprint density at radius 2 is 2.04 bits per heavy atom. The number of ketones is 1. The Labute approximate surface area is 155 Å². The van der Waals surface area contributed by atoms with Gasteiger partial charge in [0.2, 0.25) is 5.13 Å². The lowest BCUT2D eigenvalue weighted by atomic mass is 10.1. The van der Waals surface area contributed by atoms with Crippen LogP contribution in [0.3, 0.4) is 0 Å². The Morgan fingerprint density at radius 3 is 2.72 bits per heavy atom. The zero-order valence-corrected chi connectivity index (χ0v) is 15.2. The minimum absolute atomic E-state index is 0.0412. The van der Waals surface area contributed by atoms with Gasteiger partial charge in [0.1, 0.15) is 5.76 Å². The summed E-state index contributed by atoms with van der Waals surface area (Å²) in [4.78, 5) is 24.1. The van der Waals surface area contributed by atoms with Crippen molar-refractivity contribution in [2.24, 2.45) is 0 Å². The summed E-state index contributed by atoms with van der Waals surface area (Å²) in [7, 11) is 0. The summed E-state index contributed by atoms with van der Waals surface area (Å²) in [6.07, 6.45) is 0. The average Bonchev–Trinajstić information content (AvgIpc) is 3.22. The first-order chi connectivity index (χ1) is 12.0. The Kier molecular flexibility index (Phi) is 5.47. The van der Waals surface area contributed by atoms with Gasteiger partial charge in [-0.1, -0.05) is 39.9 Å². The molecule has 10 heteroatoms. The number of thioether (sulfide) groups is 1. The van der Waals surface area contributed by atoms with Gasteiger partial charge in [0, 0.05) is 16.7 Å². The molecule has 0 fully saturated rings. The molecule has 128 valence electrons. The van der Waals surface area contributed by atoms with Crippen molar-refractivity contribution < 1.29 is 14.1 Å². The van der Waals surface area contributed by atoms with Crippen LogP contribution in [0.2, 0.25) is 5.02 Å². The van der Waals surface area contributed by atoms with Gasteiger partial charge in [-0.25, -0.2) is 0 Å². The first kappa shape index (κ1) is 17.6. The first-order valence-electron chi connectivity index (χ1n) is 7.01. The van der Waals surface area contributed by atoms with E-state index in [0.29, 0.717) is 25.8 Å². The molecule has 1 N–H and O–H groups in total. The van der Waals surface area contributed by atoms with Crippen molar-refractivity contribution in [1.29, 1.82) is 0 Å². The van der Waals surface area contributed by atoms with E-state index in [-0.39, 0.29) is 17.2 Å². The number of halogens is 1. The molecular formula is C15H11ClN4O3S2. The fourth-order valence-electron chi connectivity index (χ4n) is 1.80. The van der Waals surface area contributed by atoms with Crippen molar-refractivity contribution in [3.05, 3.63) is 52.4 Å². The number of nitrogens with one attached hydrogen (secondary N) is 1. The molecule has 0 aliphatic rings. The number of carbonyl (C=O) groups excluding carboxylic acids is 2. The van der Waals surface area contributed by atoms with Gasteiger partial charge in [-0.15, -0.1) is 10.2 Å². The van der Waals surface area contributed by atoms with E-state index in [4.69, 9.17) is 16.1 Å². The van der Waals surface area contributed by atoms with E-state index in [1.165, 1.54) is 29.2 Å². The summed E-state index contributed by atoms with van der Waals surface area (Å²) in [6, 6.07) is 8.22. The largest absolute Gasteiger partial charge is 0.361 e. The molecule has 0 spiro atoms. The lowest BCUT2D eigenvalue weighted by molar-refractivity contribution is 0.101. The Morgan fingerprint density at radius 1 is 1.28 bits per heavy atom. The predicted octanol–water partition coefficient (Wildman–Crippen LogP) is 3.72. The third-order valence-electron chi connectivity index (χ3n) is 2.98. The number of hydrogen-bond acceptors (Lipinski definition) is 8. The fourth-order valence-corrected chi connectivity index (χ4v) is 3.57. The third-order valence-corrected chi connectivity index (χ3v) is 5.20. The van der Waals surface area contributed by atoms with Gasteiger partial charge >= 0.3 is 0 Å². The maximum Gasteiger partial charge on any atom is 0.279 e. The van der Waals surface area contributed by atoms with Gasteiger partial charge in [-0.05, 0) is 31.2 Å². The molecule has 2 aromatic heterocycles. The number of anilines is 1.